The van der Waals surface area contributed by atoms with E-state index in [0.29, 0.717) is 5.41 Å². The minimum Gasteiger partial charge on any atom is -0.325 e. The van der Waals surface area contributed by atoms with Gasteiger partial charge < -0.3 is 5.73 Å². The fourth-order valence-corrected chi connectivity index (χ4v) is 4.25. The van der Waals surface area contributed by atoms with E-state index in [4.69, 9.17) is 5.73 Å². The summed E-state index contributed by atoms with van der Waals surface area (Å²) in [6.45, 7) is 11.8. The summed E-state index contributed by atoms with van der Waals surface area (Å²) < 4.78 is 0. The second-order valence-electron chi connectivity index (χ2n) is 7.31. The quantitative estimate of drug-likeness (QED) is 0.756. The van der Waals surface area contributed by atoms with E-state index in [9.17, 15) is 0 Å². The molecule has 1 saturated carbocycles. The molecule has 3 atom stereocenters. The van der Waals surface area contributed by atoms with Gasteiger partial charge in [-0.25, -0.2) is 0 Å². The van der Waals surface area contributed by atoms with Gasteiger partial charge in [-0.05, 0) is 42.9 Å². The third kappa shape index (κ3) is 4.08. The fourth-order valence-electron chi connectivity index (χ4n) is 4.25. The SMILES string of the molecule is CCCC(C)CC1(N)CC(C)CC(C)(C)C1. The van der Waals surface area contributed by atoms with Gasteiger partial charge in [0.1, 0.15) is 0 Å². The number of nitrogens with two attached hydrogens (primary N) is 1. The molecule has 0 aliphatic heterocycles. The van der Waals surface area contributed by atoms with E-state index in [2.05, 4.69) is 34.6 Å². The van der Waals surface area contributed by atoms with Crippen LogP contribution in [0.1, 0.15) is 73.1 Å². The van der Waals surface area contributed by atoms with Gasteiger partial charge in [0.05, 0.1) is 0 Å². The molecule has 1 nitrogen and oxygen atoms in total. The van der Waals surface area contributed by atoms with Gasteiger partial charge in [-0.2, -0.15) is 0 Å². The molecular weight excluding hydrogens is 194 g/mol. The van der Waals surface area contributed by atoms with Crippen LogP contribution < -0.4 is 5.73 Å². The van der Waals surface area contributed by atoms with Gasteiger partial charge >= 0.3 is 0 Å². The highest BCUT2D eigenvalue weighted by Gasteiger charge is 2.40. The minimum atomic E-state index is 0.107. The Morgan fingerprint density at radius 1 is 1.31 bits per heavy atom. The smallest absolute Gasteiger partial charge is 0.0164 e. The molecule has 0 spiro atoms. The molecule has 1 heteroatoms. The van der Waals surface area contributed by atoms with Crippen LogP contribution in [0.25, 0.3) is 0 Å². The van der Waals surface area contributed by atoms with Crippen LogP contribution in [-0.2, 0) is 0 Å². The van der Waals surface area contributed by atoms with E-state index in [-0.39, 0.29) is 5.54 Å². The van der Waals surface area contributed by atoms with Crippen LogP contribution in [0, 0.1) is 17.3 Å². The van der Waals surface area contributed by atoms with E-state index in [1.54, 1.807) is 0 Å². The molecule has 0 aromatic heterocycles. The molecular formula is C15H31N. The van der Waals surface area contributed by atoms with Gasteiger partial charge in [-0.15, -0.1) is 0 Å². The predicted molar refractivity (Wildman–Crippen MR) is 72.4 cm³/mol. The maximum atomic E-state index is 6.66. The Bertz CT molecular complexity index is 221. The zero-order valence-electron chi connectivity index (χ0n) is 12.0. The van der Waals surface area contributed by atoms with Gasteiger partial charge in [0.2, 0.25) is 0 Å². The van der Waals surface area contributed by atoms with Crippen LogP contribution in [-0.4, -0.2) is 5.54 Å². The molecule has 1 aliphatic carbocycles. The second-order valence-corrected chi connectivity index (χ2v) is 7.31. The first kappa shape index (κ1) is 14.0. The molecule has 0 radical (unpaired) electrons. The summed E-state index contributed by atoms with van der Waals surface area (Å²) >= 11 is 0. The first-order valence-corrected chi connectivity index (χ1v) is 7.05. The molecule has 16 heavy (non-hydrogen) atoms. The highest BCUT2D eigenvalue weighted by Crippen LogP contribution is 2.45. The van der Waals surface area contributed by atoms with Gasteiger partial charge in [0.25, 0.3) is 0 Å². The van der Waals surface area contributed by atoms with E-state index >= 15 is 0 Å². The highest BCUT2D eigenvalue weighted by atomic mass is 14.8. The summed E-state index contributed by atoms with van der Waals surface area (Å²) in [6.07, 6.45) is 7.61. The zero-order chi connectivity index (χ0) is 12.4. The third-order valence-corrected chi connectivity index (χ3v) is 4.02. The summed E-state index contributed by atoms with van der Waals surface area (Å²) in [4.78, 5) is 0. The topological polar surface area (TPSA) is 26.0 Å². The van der Waals surface area contributed by atoms with Crippen molar-refractivity contribution in [3.8, 4) is 0 Å². The van der Waals surface area contributed by atoms with Crippen molar-refractivity contribution < 1.29 is 0 Å². The third-order valence-electron chi connectivity index (χ3n) is 4.02. The standard InChI is InChI=1S/C15H31N/c1-6-7-12(2)9-15(16)10-13(3)8-14(4,5)11-15/h12-13H,6-11,16H2,1-5H3. The van der Waals surface area contributed by atoms with Crippen LogP contribution in [0.4, 0.5) is 0 Å². The van der Waals surface area contributed by atoms with Gasteiger partial charge in [-0.1, -0.05) is 47.5 Å². The Labute approximate surface area is 102 Å². The fraction of sp³-hybridized carbons (Fsp3) is 1.00. The Kier molecular flexibility index (Phi) is 4.45. The molecule has 0 aromatic carbocycles. The summed E-state index contributed by atoms with van der Waals surface area (Å²) in [5, 5.41) is 0. The van der Waals surface area contributed by atoms with Crippen molar-refractivity contribution in [3.05, 3.63) is 0 Å². The van der Waals surface area contributed by atoms with Crippen LogP contribution in [0.2, 0.25) is 0 Å². The summed E-state index contributed by atoms with van der Waals surface area (Å²) in [6, 6.07) is 0. The molecule has 0 heterocycles. The number of rotatable bonds is 4. The maximum Gasteiger partial charge on any atom is 0.0164 e. The van der Waals surface area contributed by atoms with E-state index in [1.165, 1.54) is 38.5 Å². The normalized spacial score (nSPS) is 36.0. The van der Waals surface area contributed by atoms with Crippen molar-refractivity contribution in [2.45, 2.75) is 78.7 Å². The lowest BCUT2D eigenvalue weighted by Gasteiger charge is -2.46. The van der Waals surface area contributed by atoms with Crippen molar-refractivity contribution in [1.82, 2.24) is 0 Å². The molecule has 1 fully saturated rings. The summed E-state index contributed by atoms with van der Waals surface area (Å²) in [5.74, 6) is 1.58. The number of hydrogen-bond donors (Lipinski definition) is 1. The predicted octanol–water partition coefficient (Wildman–Crippen LogP) is 4.36. The molecule has 0 amide bonds. The monoisotopic (exact) mass is 225 g/mol. The van der Waals surface area contributed by atoms with E-state index in [1.807, 2.05) is 0 Å². The Morgan fingerprint density at radius 2 is 1.94 bits per heavy atom. The molecule has 96 valence electrons. The Hall–Kier alpha value is -0.0400. The largest absolute Gasteiger partial charge is 0.325 e. The van der Waals surface area contributed by atoms with Crippen molar-refractivity contribution in [2.75, 3.05) is 0 Å². The molecule has 2 N–H and O–H groups in total. The van der Waals surface area contributed by atoms with Crippen molar-refractivity contribution in [3.63, 3.8) is 0 Å². The molecule has 1 aliphatic rings. The molecule has 0 saturated heterocycles. The van der Waals surface area contributed by atoms with Crippen LogP contribution in [0.15, 0.2) is 0 Å². The van der Waals surface area contributed by atoms with Gasteiger partial charge in [0, 0.05) is 5.54 Å². The minimum absolute atomic E-state index is 0.107. The van der Waals surface area contributed by atoms with Crippen LogP contribution in [0.3, 0.4) is 0 Å². The number of hydrogen-bond acceptors (Lipinski definition) is 1. The Balaban J connectivity index is 2.61. The zero-order valence-corrected chi connectivity index (χ0v) is 12.0. The molecule has 1 rings (SSSR count). The lowest BCUT2D eigenvalue weighted by molar-refractivity contribution is 0.0907. The van der Waals surface area contributed by atoms with Crippen molar-refractivity contribution >= 4 is 0 Å². The lowest BCUT2D eigenvalue weighted by atomic mass is 9.62. The van der Waals surface area contributed by atoms with Crippen molar-refractivity contribution in [2.24, 2.45) is 23.0 Å². The highest BCUT2D eigenvalue weighted by molar-refractivity contribution is 4.97. The molecule has 3 unspecified atom stereocenters. The van der Waals surface area contributed by atoms with Crippen molar-refractivity contribution in [1.29, 1.82) is 0 Å². The van der Waals surface area contributed by atoms with Crippen LogP contribution in [0.5, 0.6) is 0 Å². The average molecular weight is 225 g/mol. The van der Waals surface area contributed by atoms with Gasteiger partial charge in [-0.3, -0.25) is 0 Å². The first-order valence-electron chi connectivity index (χ1n) is 7.05. The molecule has 0 aromatic rings. The maximum absolute atomic E-state index is 6.66. The first-order chi connectivity index (χ1) is 7.26. The van der Waals surface area contributed by atoms with E-state index in [0.717, 1.165) is 11.8 Å². The second kappa shape index (κ2) is 5.08. The summed E-state index contributed by atoms with van der Waals surface area (Å²) in [7, 11) is 0. The average Bonchev–Trinajstić information content (AvgIpc) is 1.96. The summed E-state index contributed by atoms with van der Waals surface area (Å²) in [5.41, 5.74) is 7.21. The van der Waals surface area contributed by atoms with Gasteiger partial charge in [0.15, 0.2) is 0 Å². The molecule has 0 bridgehead atoms. The lowest BCUT2D eigenvalue weighted by Crippen LogP contribution is -2.50. The van der Waals surface area contributed by atoms with E-state index < -0.39 is 0 Å². The Morgan fingerprint density at radius 3 is 2.44 bits per heavy atom. The van der Waals surface area contributed by atoms with Crippen LogP contribution >= 0.6 is 0 Å².